The fourth-order valence-corrected chi connectivity index (χ4v) is 3.77. The Kier molecular flexibility index (Phi) is 8.70. The number of hydrogen-bond donors (Lipinski definition) is 3. The number of benzene rings is 1. The third-order valence-electron chi connectivity index (χ3n) is 5.61. The number of nitrogens with zero attached hydrogens (tertiary/aromatic N) is 2. The lowest BCUT2D eigenvalue weighted by Gasteiger charge is -2.36. The molecule has 2 atom stereocenters. The molecule has 8 nitrogen and oxygen atoms in total. The first-order valence-electron chi connectivity index (χ1n) is 11.1. The summed E-state index contributed by atoms with van der Waals surface area (Å²) in [7, 11) is 0. The van der Waals surface area contributed by atoms with Crippen LogP contribution in [0.15, 0.2) is 65.3 Å². The van der Waals surface area contributed by atoms with Crippen molar-refractivity contribution < 1.29 is 37.4 Å². The SMILES string of the molecule is Cc1ccc(C(=O)N2CCC(O)C(c3ccccc3)C2)c(NCc2ccco2)n1.O=C(O)C(F)(F)F. The largest absolute Gasteiger partial charge is 0.490 e. The Morgan fingerprint density at radius 2 is 1.83 bits per heavy atom. The number of likely N-dealkylation sites (tertiary alicyclic amines) is 1. The van der Waals surface area contributed by atoms with Crippen molar-refractivity contribution in [3.05, 3.63) is 83.4 Å². The number of carbonyl (C=O) groups excluding carboxylic acids is 1. The third-order valence-corrected chi connectivity index (χ3v) is 5.61. The molecule has 0 saturated carbocycles. The molecule has 3 aromatic rings. The van der Waals surface area contributed by atoms with Crippen LogP contribution in [-0.2, 0) is 11.3 Å². The molecule has 1 amide bonds. The van der Waals surface area contributed by atoms with Crippen molar-refractivity contribution in [3.63, 3.8) is 0 Å². The van der Waals surface area contributed by atoms with E-state index < -0.39 is 18.2 Å². The summed E-state index contributed by atoms with van der Waals surface area (Å²) in [5.74, 6) is -1.60. The predicted octanol–water partition coefficient (Wildman–Crippen LogP) is 4.22. The van der Waals surface area contributed by atoms with E-state index in [0.717, 1.165) is 17.0 Å². The second kappa shape index (κ2) is 11.7. The van der Waals surface area contributed by atoms with Crippen LogP contribution in [-0.4, -0.2) is 57.3 Å². The number of hydrogen-bond acceptors (Lipinski definition) is 6. The van der Waals surface area contributed by atoms with Crippen LogP contribution < -0.4 is 5.32 Å². The van der Waals surface area contributed by atoms with E-state index in [1.54, 1.807) is 6.26 Å². The minimum atomic E-state index is -5.08. The van der Waals surface area contributed by atoms with E-state index in [1.165, 1.54) is 0 Å². The topological polar surface area (TPSA) is 116 Å². The number of halogens is 3. The Balaban J connectivity index is 0.000000454. The summed E-state index contributed by atoms with van der Waals surface area (Å²) in [6.07, 6.45) is -3.36. The minimum Gasteiger partial charge on any atom is -0.475 e. The van der Waals surface area contributed by atoms with Gasteiger partial charge in [-0.3, -0.25) is 4.79 Å². The molecule has 0 spiro atoms. The molecule has 0 bridgehead atoms. The molecule has 4 rings (SSSR count). The number of aromatic nitrogens is 1. The second-order valence-corrected chi connectivity index (χ2v) is 8.21. The molecular weight excluding hydrogens is 479 g/mol. The van der Waals surface area contributed by atoms with Gasteiger partial charge in [-0.2, -0.15) is 13.2 Å². The normalized spacial score (nSPS) is 17.6. The molecule has 1 saturated heterocycles. The number of nitrogens with one attached hydrogen (secondary N) is 1. The first-order valence-corrected chi connectivity index (χ1v) is 11.1. The average molecular weight is 505 g/mol. The van der Waals surface area contributed by atoms with Crippen LogP contribution in [0.2, 0.25) is 0 Å². The van der Waals surface area contributed by atoms with E-state index >= 15 is 0 Å². The number of anilines is 1. The van der Waals surface area contributed by atoms with Gasteiger partial charge in [0.15, 0.2) is 0 Å². The molecular formula is C25H26F3N3O5. The van der Waals surface area contributed by atoms with Crippen LogP contribution in [0, 0.1) is 6.92 Å². The lowest BCUT2D eigenvalue weighted by molar-refractivity contribution is -0.192. The van der Waals surface area contributed by atoms with Gasteiger partial charge in [0, 0.05) is 24.7 Å². The molecule has 0 aliphatic carbocycles. The number of alkyl halides is 3. The van der Waals surface area contributed by atoms with Crippen molar-refractivity contribution in [2.24, 2.45) is 0 Å². The van der Waals surface area contributed by atoms with Gasteiger partial charge in [-0.15, -0.1) is 0 Å². The number of carbonyl (C=O) groups is 2. The Morgan fingerprint density at radius 3 is 2.44 bits per heavy atom. The van der Waals surface area contributed by atoms with Crippen LogP contribution >= 0.6 is 0 Å². The molecule has 3 N–H and O–H groups in total. The highest BCUT2D eigenvalue weighted by molar-refractivity contribution is 5.99. The zero-order valence-corrected chi connectivity index (χ0v) is 19.4. The number of pyridine rings is 1. The summed E-state index contributed by atoms with van der Waals surface area (Å²) < 4.78 is 37.1. The maximum atomic E-state index is 13.3. The molecule has 36 heavy (non-hydrogen) atoms. The summed E-state index contributed by atoms with van der Waals surface area (Å²) >= 11 is 0. The van der Waals surface area contributed by atoms with Gasteiger partial charge in [0.25, 0.3) is 5.91 Å². The highest BCUT2D eigenvalue weighted by Crippen LogP contribution is 2.29. The van der Waals surface area contributed by atoms with Crippen molar-refractivity contribution in [2.75, 3.05) is 18.4 Å². The van der Waals surface area contributed by atoms with Crippen LogP contribution in [0.3, 0.4) is 0 Å². The Morgan fingerprint density at radius 1 is 1.14 bits per heavy atom. The third kappa shape index (κ3) is 7.08. The maximum absolute atomic E-state index is 13.3. The number of aliphatic hydroxyl groups is 1. The fraction of sp³-hybridized carbons (Fsp3) is 0.320. The summed E-state index contributed by atoms with van der Waals surface area (Å²) in [6.45, 7) is 3.36. The van der Waals surface area contributed by atoms with Crippen molar-refractivity contribution in [3.8, 4) is 0 Å². The van der Waals surface area contributed by atoms with Crippen molar-refractivity contribution in [1.29, 1.82) is 0 Å². The Hall–Kier alpha value is -3.86. The summed E-state index contributed by atoms with van der Waals surface area (Å²) in [4.78, 5) is 28.6. The maximum Gasteiger partial charge on any atom is 0.490 e. The van der Waals surface area contributed by atoms with E-state index in [9.17, 15) is 23.1 Å². The zero-order valence-electron chi connectivity index (χ0n) is 19.4. The van der Waals surface area contributed by atoms with Crippen molar-refractivity contribution in [2.45, 2.75) is 38.1 Å². The van der Waals surface area contributed by atoms with Gasteiger partial charge in [0.1, 0.15) is 11.6 Å². The van der Waals surface area contributed by atoms with E-state index in [1.807, 2.05) is 66.4 Å². The predicted molar refractivity (Wildman–Crippen MR) is 124 cm³/mol. The van der Waals surface area contributed by atoms with Gasteiger partial charge in [0.2, 0.25) is 0 Å². The lowest BCUT2D eigenvalue weighted by atomic mass is 9.88. The van der Waals surface area contributed by atoms with E-state index in [0.29, 0.717) is 37.4 Å². The molecule has 1 fully saturated rings. The van der Waals surface area contributed by atoms with Gasteiger partial charge in [-0.25, -0.2) is 9.78 Å². The molecule has 1 aliphatic rings. The molecule has 1 aliphatic heterocycles. The first-order chi connectivity index (χ1) is 17.1. The second-order valence-electron chi connectivity index (χ2n) is 8.21. The Bertz CT molecular complexity index is 1150. The zero-order chi connectivity index (χ0) is 26.3. The van der Waals surface area contributed by atoms with Crippen LogP contribution in [0.4, 0.5) is 19.0 Å². The Labute approximate surface area is 205 Å². The summed E-state index contributed by atoms with van der Waals surface area (Å²) in [5.41, 5.74) is 2.42. The minimum absolute atomic E-state index is 0.0766. The number of carboxylic acids is 1. The van der Waals surface area contributed by atoms with Crippen LogP contribution in [0.1, 0.15) is 39.7 Å². The molecule has 0 radical (unpaired) electrons. The van der Waals surface area contributed by atoms with Crippen LogP contribution in [0.5, 0.6) is 0 Å². The van der Waals surface area contributed by atoms with Gasteiger partial charge >= 0.3 is 12.1 Å². The van der Waals surface area contributed by atoms with Gasteiger partial charge in [-0.05, 0) is 43.2 Å². The van der Waals surface area contributed by atoms with E-state index in [-0.39, 0.29) is 11.8 Å². The number of furan rings is 1. The molecule has 1 aromatic carbocycles. The number of aryl methyl sites for hydroxylation is 1. The average Bonchev–Trinajstić information content (AvgIpc) is 3.37. The number of piperidine rings is 1. The summed E-state index contributed by atoms with van der Waals surface area (Å²) in [6, 6.07) is 17.3. The standard InChI is InChI=1S/C23H25N3O3.C2HF3O2/c1-16-9-10-19(22(25-16)24-14-18-8-5-13-29-18)23(28)26-12-11-21(27)20(15-26)17-6-3-2-4-7-17;3-2(4,5)1(6)7/h2-10,13,20-21,27H,11-12,14-15H2,1H3,(H,24,25);(H,6,7). The summed E-state index contributed by atoms with van der Waals surface area (Å²) in [5, 5.41) is 20.9. The molecule has 11 heteroatoms. The van der Waals surface area contributed by atoms with Gasteiger partial charge < -0.3 is 24.8 Å². The lowest BCUT2D eigenvalue weighted by Crippen LogP contribution is -2.45. The molecule has 2 aromatic heterocycles. The van der Waals surface area contributed by atoms with Gasteiger partial charge in [0.05, 0.1) is 24.5 Å². The highest BCUT2D eigenvalue weighted by atomic mass is 19.4. The quantitative estimate of drug-likeness (QED) is 0.476. The number of aliphatic hydroxyl groups excluding tert-OH is 1. The van der Waals surface area contributed by atoms with Gasteiger partial charge in [-0.1, -0.05) is 30.3 Å². The molecule has 2 unspecified atom stereocenters. The highest BCUT2D eigenvalue weighted by Gasteiger charge is 2.38. The number of aliphatic carboxylic acids is 1. The van der Waals surface area contributed by atoms with Crippen LogP contribution in [0.25, 0.3) is 0 Å². The number of rotatable bonds is 5. The monoisotopic (exact) mass is 505 g/mol. The first kappa shape index (κ1) is 26.7. The fourth-order valence-electron chi connectivity index (χ4n) is 3.77. The number of carboxylic acid groups (broad SMARTS) is 1. The smallest absolute Gasteiger partial charge is 0.475 e. The molecule has 3 heterocycles. The number of amides is 1. The van der Waals surface area contributed by atoms with E-state index in [2.05, 4.69) is 10.3 Å². The van der Waals surface area contributed by atoms with Crippen molar-refractivity contribution in [1.82, 2.24) is 9.88 Å². The molecule has 192 valence electrons. The van der Waals surface area contributed by atoms with Crippen molar-refractivity contribution >= 4 is 17.7 Å². The van der Waals surface area contributed by atoms with E-state index in [4.69, 9.17) is 14.3 Å².